The predicted octanol–water partition coefficient (Wildman–Crippen LogP) is -4.08. The Morgan fingerprint density at radius 1 is 1.43 bits per heavy atom. The fraction of sp³-hybridized carbons (Fsp3) is 0. The maximum Gasteiger partial charge on any atom is 0.0275 e. The molecule has 0 aliphatic heterocycles. The van der Waals surface area contributed by atoms with Gasteiger partial charge in [-0.05, 0) is 6.16 Å². The highest BCUT2D eigenvalue weighted by atomic mass is 16.6. The van der Waals surface area contributed by atoms with Gasteiger partial charge in [-0.2, -0.15) is 0 Å². The molecule has 0 fully saturated rings. The summed E-state index contributed by atoms with van der Waals surface area (Å²) in [7, 11) is 0. The lowest BCUT2D eigenvalue weighted by molar-refractivity contribution is -0.415. The van der Waals surface area contributed by atoms with Crippen molar-refractivity contribution in [2.45, 2.75) is 0 Å². The number of carbonyl (C=O) groups is 2. The summed E-state index contributed by atoms with van der Waals surface area (Å²) in [6.45, 7) is -0.500. The summed E-state index contributed by atoms with van der Waals surface area (Å²) < 4.78 is 0. The molecular weight excluding hydrogens is 104 g/mol. The van der Waals surface area contributed by atoms with Gasteiger partial charge < -0.3 is 24.9 Å². The van der Waals surface area contributed by atoms with Crippen molar-refractivity contribution in [2.24, 2.45) is 0 Å². The highest BCUT2D eigenvalue weighted by molar-refractivity contribution is 5.47. The zero-order chi connectivity index (χ0) is 6.28. The molecule has 0 unspecified atom stereocenters. The maximum atomic E-state index is 8.33. The van der Waals surface area contributed by atoms with Crippen molar-refractivity contribution in [1.82, 2.24) is 0 Å². The fourth-order valence-corrected chi connectivity index (χ4v) is 0. The number of hydrogen-bond donors (Lipinski definition) is 0. The topological polar surface area (TPSA) is 103 Å². The van der Waals surface area contributed by atoms with E-state index in [0.717, 1.165) is 0 Å². The standard InChI is InChI=1S/CH2O3.CH2O2/c2-1(3)4;2-1-3/h(H2,2,3,4);1H,(H,2,3)/p-3. The molecule has 0 heterocycles. The minimum absolute atomic E-state index is 0.500. The molecule has 0 aliphatic carbocycles. The largest absolute Gasteiger partial charge is 0.652 e. The summed E-state index contributed by atoms with van der Waals surface area (Å²) in [4.78, 5) is 16.6. The van der Waals surface area contributed by atoms with Gasteiger partial charge in [-0.25, -0.2) is 0 Å². The highest BCUT2D eigenvalue weighted by Crippen LogP contribution is 1.21. The number of rotatable bonds is 0. The molecule has 0 N–H and O–H groups in total. The lowest BCUT2D eigenvalue weighted by Crippen LogP contribution is -2.37. The molecule has 0 amide bonds. The van der Waals surface area contributed by atoms with Crippen LogP contribution in [0.3, 0.4) is 0 Å². The monoisotopic (exact) mass is 105 g/mol. The van der Waals surface area contributed by atoms with Crippen LogP contribution >= 0.6 is 0 Å². The van der Waals surface area contributed by atoms with Gasteiger partial charge in [-0.15, -0.1) is 0 Å². The van der Waals surface area contributed by atoms with Gasteiger partial charge in [0.1, 0.15) is 0 Å². The van der Waals surface area contributed by atoms with Gasteiger partial charge in [0.2, 0.25) is 0 Å². The van der Waals surface area contributed by atoms with E-state index in [4.69, 9.17) is 24.9 Å². The zero-order valence-electron chi connectivity index (χ0n) is 3.12. The quantitative estimate of drug-likeness (QED) is 0.291. The molecule has 5 heteroatoms. The van der Waals surface area contributed by atoms with E-state index in [9.17, 15) is 0 Å². The molecule has 0 aliphatic rings. The van der Waals surface area contributed by atoms with Gasteiger partial charge >= 0.3 is 0 Å². The molecule has 0 saturated heterocycles. The molecule has 0 aromatic rings. The van der Waals surface area contributed by atoms with Gasteiger partial charge in [0.05, 0.1) is 0 Å². The number of carbonyl (C=O) groups excluding carboxylic acids is 2. The zero-order valence-corrected chi connectivity index (χ0v) is 3.12. The minimum Gasteiger partial charge on any atom is -0.652 e. The summed E-state index contributed by atoms with van der Waals surface area (Å²) >= 11 is 0. The Hall–Kier alpha value is -1.26. The lowest BCUT2D eigenvalue weighted by Gasteiger charge is -1.96. The second-order valence-electron chi connectivity index (χ2n) is 0.346. The number of hydrogen-bond acceptors (Lipinski definition) is 5. The Morgan fingerprint density at radius 3 is 1.43 bits per heavy atom. The van der Waals surface area contributed by atoms with Crippen molar-refractivity contribution in [3.05, 3.63) is 0 Å². The Balaban J connectivity index is 0. The first-order valence-electron chi connectivity index (χ1n) is 1.08. The van der Waals surface area contributed by atoms with E-state index < -0.39 is 12.6 Å². The Labute approximate surface area is 38.8 Å². The smallest absolute Gasteiger partial charge is 0.0275 e. The van der Waals surface area contributed by atoms with Crippen LogP contribution in [-0.4, -0.2) is 12.6 Å². The van der Waals surface area contributed by atoms with Crippen LogP contribution in [0.25, 0.3) is 0 Å². The molecule has 5 nitrogen and oxygen atoms in total. The first kappa shape index (κ1) is 9.22. The summed E-state index contributed by atoms with van der Waals surface area (Å²) in [5.74, 6) is 0. The third-order valence-corrected chi connectivity index (χ3v) is 0. The fourth-order valence-electron chi connectivity index (χ4n) is 0. The summed E-state index contributed by atoms with van der Waals surface area (Å²) in [5.41, 5.74) is 0. The van der Waals surface area contributed by atoms with Crippen LogP contribution in [0.15, 0.2) is 0 Å². The molecule has 0 saturated carbocycles. The van der Waals surface area contributed by atoms with E-state index in [0.29, 0.717) is 0 Å². The van der Waals surface area contributed by atoms with Gasteiger partial charge in [-0.1, -0.05) is 0 Å². The Kier molecular flexibility index (Phi) is 11.6. The molecule has 42 valence electrons. The highest BCUT2D eigenvalue weighted by Gasteiger charge is 1.26. The predicted molar refractivity (Wildman–Crippen MR) is 11.5 cm³/mol. The molecule has 0 aromatic heterocycles. The maximum absolute atomic E-state index is 8.33. The van der Waals surface area contributed by atoms with Crippen LogP contribution in [-0.2, 0) is 4.79 Å². The first-order chi connectivity index (χ1) is 3.15. The molecule has 0 atom stereocenters. The average Bonchev–Trinajstić information content (AvgIpc) is 1.33. The lowest BCUT2D eigenvalue weighted by atomic mass is 11.5. The number of carboxylic acid groups (broad SMARTS) is 3. The van der Waals surface area contributed by atoms with Crippen molar-refractivity contribution in [3.8, 4) is 0 Å². The third kappa shape index (κ3) is 22.4. The Morgan fingerprint density at radius 2 is 1.43 bits per heavy atom. The van der Waals surface area contributed by atoms with Crippen LogP contribution in [0.1, 0.15) is 0 Å². The van der Waals surface area contributed by atoms with E-state index in [1.54, 1.807) is 0 Å². The van der Waals surface area contributed by atoms with Crippen LogP contribution < -0.4 is 15.3 Å². The first-order valence-corrected chi connectivity index (χ1v) is 1.08. The van der Waals surface area contributed by atoms with Crippen molar-refractivity contribution < 1.29 is 24.9 Å². The molecule has 0 radical (unpaired) electrons. The summed E-state index contributed by atoms with van der Waals surface area (Å²) in [5, 5.41) is 24.9. The molecule has 0 rings (SSSR count). The van der Waals surface area contributed by atoms with Crippen LogP contribution in [0.2, 0.25) is 0 Å². The molecule has 0 spiro atoms. The van der Waals surface area contributed by atoms with E-state index in [2.05, 4.69) is 0 Å². The Bertz CT molecular complexity index is 53.1. The van der Waals surface area contributed by atoms with Crippen molar-refractivity contribution in [2.75, 3.05) is 0 Å². The molecule has 0 bridgehead atoms. The third-order valence-electron chi connectivity index (χ3n) is 0. The van der Waals surface area contributed by atoms with Crippen LogP contribution in [0.5, 0.6) is 0 Å². The molecule has 7 heavy (non-hydrogen) atoms. The van der Waals surface area contributed by atoms with Crippen LogP contribution in [0, 0.1) is 0 Å². The van der Waals surface area contributed by atoms with Gasteiger partial charge in [0, 0.05) is 6.47 Å². The van der Waals surface area contributed by atoms with Gasteiger partial charge in [-0.3, -0.25) is 0 Å². The van der Waals surface area contributed by atoms with Gasteiger partial charge in [0.15, 0.2) is 0 Å². The second-order valence-corrected chi connectivity index (χ2v) is 0.346. The van der Waals surface area contributed by atoms with E-state index in [1.165, 1.54) is 0 Å². The van der Waals surface area contributed by atoms with E-state index in [1.807, 2.05) is 0 Å². The van der Waals surface area contributed by atoms with Crippen molar-refractivity contribution >= 4 is 12.6 Å². The van der Waals surface area contributed by atoms with Crippen molar-refractivity contribution in [1.29, 1.82) is 0 Å². The average molecular weight is 105 g/mol. The summed E-state index contributed by atoms with van der Waals surface area (Å²) in [6.07, 6.45) is -2.33. The van der Waals surface area contributed by atoms with Gasteiger partial charge in [0.25, 0.3) is 0 Å². The SMILES string of the molecule is O=C([O-])[O-].O=C[O-]. The normalized spacial score (nSPS) is 5.14. The second kappa shape index (κ2) is 8.83. The minimum atomic E-state index is -2.33. The molecule has 0 aromatic carbocycles. The van der Waals surface area contributed by atoms with E-state index >= 15 is 0 Å². The molecular formula is C2HO5-3. The van der Waals surface area contributed by atoms with Crippen molar-refractivity contribution in [3.63, 3.8) is 0 Å². The van der Waals surface area contributed by atoms with E-state index in [-0.39, 0.29) is 0 Å². The van der Waals surface area contributed by atoms with Crippen LogP contribution in [0.4, 0.5) is 4.79 Å². The summed E-state index contributed by atoms with van der Waals surface area (Å²) in [6, 6.07) is 0.